The number of Topliss-reactive ketones (excluding diaryl/α,β-unsaturated/α-hetero) is 2. The van der Waals surface area contributed by atoms with E-state index in [9.17, 15) is 14.7 Å². The first-order valence-corrected chi connectivity index (χ1v) is 17.4. The lowest BCUT2D eigenvalue weighted by Crippen LogP contribution is -2.66. The van der Waals surface area contributed by atoms with Crippen molar-refractivity contribution in [3.05, 3.63) is 46.0 Å². The van der Waals surface area contributed by atoms with Crippen molar-refractivity contribution in [3.8, 4) is 0 Å². The van der Waals surface area contributed by atoms with Crippen molar-refractivity contribution >= 4 is 23.2 Å². The van der Waals surface area contributed by atoms with Gasteiger partial charge in [-0.25, -0.2) is 0 Å². The molecule has 0 amide bonds. The second kappa shape index (κ2) is 10.5. The number of ketones is 2. The molecular weight excluding hydrogens is 554 g/mol. The maximum Gasteiger partial charge on any atom is 0.160 e. The Labute approximate surface area is 264 Å². The molecule has 0 saturated heterocycles. The topological polar surface area (TPSA) is 66.4 Å². The van der Waals surface area contributed by atoms with Crippen LogP contribution in [-0.4, -0.2) is 29.3 Å². The molecule has 0 aliphatic heterocycles. The van der Waals surface area contributed by atoms with Gasteiger partial charge in [-0.2, -0.15) is 0 Å². The molecule has 5 aliphatic carbocycles. The second-order valence-electron chi connectivity index (χ2n) is 16.8. The number of halogens is 1. The summed E-state index contributed by atoms with van der Waals surface area (Å²) in [4.78, 5) is 28.2. The Morgan fingerprint density at radius 2 is 1.63 bits per heavy atom. The van der Waals surface area contributed by atoms with Gasteiger partial charge in [-0.15, -0.1) is 0 Å². The Morgan fingerprint density at radius 3 is 2.30 bits per heavy atom. The summed E-state index contributed by atoms with van der Waals surface area (Å²) < 4.78 is 0. The Morgan fingerprint density at radius 1 is 0.930 bits per heavy atom. The smallest absolute Gasteiger partial charge is 0.160 e. The van der Waals surface area contributed by atoms with Crippen LogP contribution in [0.5, 0.6) is 0 Å². The van der Waals surface area contributed by atoms with Crippen LogP contribution in [0.1, 0.15) is 112 Å². The van der Waals surface area contributed by atoms with E-state index in [-0.39, 0.29) is 57.7 Å². The van der Waals surface area contributed by atoms with E-state index in [0.717, 1.165) is 56.1 Å². The predicted molar refractivity (Wildman–Crippen MR) is 174 cm³/mol. The fourth-order valence-corrected chi connectivity index (χ4v) is 12.2. The highest BCUT2D eigenvalue weighted by molar-refractivity contribution is 6.30. The van der Waals surface area contributed by atoms with Gasteiger partial charge in [-0.3, -0.25) is 9.59 Å². The van der Waals surface area contributed by atoms with Crippen LogP contribution in [0.2, 0.25) is 5.02 Å². The molecule has 236 valence electrons. The molecule has 4 fully saturated rings. The zero-order valence-electron chi connectivity index (χ0n) is 27.6. The van der Waals surface area contributed by atoms with Crippen molar-refractivity contribution in [1.82, 2.24) is 5.32 Å². The zero-order valence-corrected chi connectivity index (χ0v) is 28.4. The molecule has 0 heterocycles. The summed E-state index contributed by atoms with van der Waals surface area (Å²) in [5.74, 6) is 1.93. The predicted octanol–water partition coefficient (Wildman–Crippen LogP) is 8.34. The first kappa shape index (κ1) is 31.5. The zero-order chi connectivity index (χ0) is 31.2. The fourth-order valence-electron chi connectivity index (χ4n) is 12.0. The van der Waals surface area contributed by atoms with Crippen molar-refractivity contribution in [1.29, 1.82) is 0 Å². The number of fused-ring (bicyclic) bond motifs is 7. The molecule has 0 radical (unpaired) electrons. The van der Waals surface area contributed by atoms with Gasteiger partial charge >= 0.3 is 0 Å². The molecule has 6 rings (SSSR count). The summed E-state index contributed by atoms with van der Waals surface area (Å²) >= 11 is 6.07. The molecular formula is C38H54ClNO3. The standard InChI is InChI=1S/C38H54ClNO3/c1-23(2)32-27(41)20-38(31(43)22-40-21-24-8-10-25(39)11-9-24)19-18-36(6)26(33(32)38)12-13-29-35(5)16-15-30(42)34(3,4)28(35)14-17-37(29,36)7/h8-11,23,26,28-30,40,42H,12-22H2,1-7H3/t26-,28-,29-,30+,35+,36-,37-,38+/m1/s1. The minimum atomic E-state index is -0.658. The molecule has 0 spiro atoms. The van der Waals surface area contributed by atoms with Crippen LogP contribution in [0.25, 0.3) is 0 Å². The Balaban J connectivity index is 1.33. The summed E-state index contributed by atoms with van der Waals surface area (Å²) in [7, 11) is 0. The normalized spacial score (nSPS) is 41.9. The second-order valence-corrected chi connectivity index (χ2v) is 17.2. The average molecular weight is 608 g/mol. The van der Waals surface area contributed by atoms with E-state index in [1.165, 1.54) is 12.0 Å². The highest BCUT2D eigenvalue weighted by atomic mass is 35.5. The average Bonchev–Trinajstić information content (AvgIpc) is 3.26. The third-order valence-corrected chi connectivity index (χ3v) is 14.7. The summed E-state index contributed by atoms with van der Waals surface area (Å²) in [6.07, 6.45) is 8.45. The number of hydrogen-bond donors (Lipinski definition) is 2. The lowest BCUT2D eigenvalue weighted by molar-refractivity contribution is -0.228. The van der Waals surface area contributed by atoms with Gasteiger partial charge < -0.3 is 10.4 Å². The number of aliphatic hydroxyl groups excluding tert-OH is 1. The van der Waals surface area contributed by atoms with E-state index >= 15 is 0 Å². The van der Waals surface area contributed by atoms with Gasteiger partial charge in [0.15, 0.2) is 11.6 Å². The Kier molecular flexibility index (Phi) is 7.71. The summed E-state index contributed by atoms with van der Waals surface area (Å²) in [6, 6.07) is 7.75. The first-order chi connectivity index (χ1) is 20.1. The van der Waals surface area contributed by atoms with Gasteiger partial charge in [0.25, 0.3) is 0 Å². The van der Waals surface area contributed by atoms with Crippen molar-refractivity contribution in [3.63, 3.8) is 0 Å². The van der Waals surface area contributed by atoms with Crippen LogP contribution in [-0.2, 0) is 16.1 Å². The number of carbonyl (C=O) groups is 2. The molecule has 5 heteroatoms. The molecule has 1 aromatic rings. The van der Waals surface area contributed by atoms with Gasteiger partial charge in [0.05, 0.1) is 18.1 Å². The number of aliphatic hydroxyl groups is 1. The number of rotatable bonds is 6. The van der Waals surface area contributed by atoms with Crippen molar-refractivity contribution < 1.29 is 14.7 Å². The van der Waals surface area contributed by atoms with Crippen LogP contribution in [0.15, 0.2) is 35.4 Å². The van der Waals surface area contributed by atoms with Crippen LogP contribution < -0.4 is 5.32 Å². The number of carbonyl (C=O) groups excluding carboxylic acids is 2. The van der Waals surface area contributed by atoms with E-state index < -0.39 is 5.41 Å². The summed E-state index contributed by atoms with van der Waals surface area (Å²) in [5.41, 5.74) is 2.99. The van der Waals surface area contributed by atoms with Gasteiger partial charge in [0.2, 0.25) is 0 Å². The molecule has 4 saturated carbocycles. The number of allylic oxidation sites excluding steroid dienone is 2. The van der Waals surface area contributed by atoms with E-state index in [0.29, 0.717) is 29.8 Å². The quantitative estimate of drug-likeness (QED) is 0.341. The number of nitrogens with one attached hydrogen (secondary N) is 1. The largest absolute Gasteiger partial charge is 0.393 e. The van der Waals surface area contributed by atoms with Crippen molar-refractivity contribution in [2.24, 2.45) is 50.7 Å². The maximum absolute atomic E-state index is 14.3. The molecule has 5 aliphatic rings. The van der Waals surface area contributed by atoms with E-state index in [1.54, 1.807) is 0 Å². The minimum Gasteiger partial charge on any atom is -0.393 e. The van der Waals surface area contributed by atoms with Gasteiger partial charge in [0.1, 0.15) is 0 Å². The van der Waals surface area contributed by atoms with Crippen molar-refractivity contribution in [2.75, 3.05) is 6.54 Å². The molecule has 4 nitrogen and oxygen atoms in total. The van der Waals surface area contributed by atoms with Crippen molar-refractivity contribution in [2.45, 2.75) is 119 Å². The highest BCUT2D eigenvalue weighted by Gasteiger charge is 2.70. The Hall–Kier alpha value is -1.49. The molecule has 0 aromatic heterocycles. The van der Waals surface area contributed by atoms with Gasteiger partial charge in [-0.05, 0) is 126 Å². The summed E-state index contributed by atoms with van der Waals surface area (Å²) in [6.45, 7) is 17.5. The lowest BCUT2D eigenvalue weighted by atomic mass is 9.33. The Bertz CT molecular complexity index is 1330. The third kappa shape index (κ3) is 4.43. The molecule has 1 aromatic carbocycles. The molecule has 0 unspecified atom stereocenters. The van der Waals surface area contributed by atoms with Crippen LogP contribution in [0.3, 0.4) is 0 Å². The molecule has 0 bridgehead atoms. The summed E-state index contributed by atoms with van der Waals surface area (Å²) in [5, 5.41) is 15.2. The van der Waals surface area contributed by atoms with Crippen LogP contribution >= 0.6 is 11.6 Å². The lowest BCUT2D eigenvalue weighted by Gasteiger charge is -2.72. The third-order valence-electron chi connectivity index (χ3n) is 14.5. The van der Waals surface area contributed by atoms with E-state index in [1.807, 2.05) is 24.3 Å². The molecule has 43 heavy (non-hydrogen) atoms. The minimum absolute atomic E-state index is 0.0463. The fraction of sp³-hybridized carbons (Fsp3) is 0.737. The SMILES string of the molecule is CC(C)C1=C2[C@H]3CC[C@@H]4[C@@]5(C)CC[C@H](O)C(C)(C)[C@H]5CC[C@@]4(C)[C@]3(C)CC[C@@]2(C(=O)CNCc2ccc(Cl)cc2)CC1=O. The van der Waals surface area contributed by atoms with E-state index in [2.05, 4.69) is 53.8 Å². The highest BCUT2D eigenvalue weighted by Crippen LogP contribution is 2.76. The molecule has 2 N–H and O–H groups in total. The molecule has 8 atom stereocenters. The van der Waals surface area contributed by atoms with Crippen LogP contribution in [0, 0.1) is 50.7 Å². The van der Waals surface area contributed by atoms with E-state index in [4.69, 9.17) is 11.6 Å². The van der Waals surface area contributed by atoms with Gasteiger partial charge in [0, 0.05) is 18.0 Å². The number of hydrogen-bond acceptors (Lipinski definition) is 4. The van der Waals surface area contributed by atoms with Gasteiger partial charge in [-0.1, -0.05) is 72.2 Å². The number of benzene rings is 1. The van der Waals surface area contributed by atoms with Crippen LogP contribution in [0.4, 0.5) is 0 Å². The maximum atomic E-state index is 14.3. The monoisotopic (exact) mass is 607 g/mol. The first-order valence-electron chi connectivity index (χ1n) is 17.1.